The summed E-state index contributed by atoms with van der Waals surface area (Å²) < 4.78 is 0. The van der Waals surface area contributed by atoms with Crippen LogP contribution in [0.15, 0.2) is 42.5 Å². The predicted molar refractivity (Wildman–Crippen MR) is 116 cm³/mol. The van der Waals surface area contributed by atoms with E-state index in [9.17, 15) is 14.4 Å². The number of aryl methyl sites for hydroxylation is 2. The number of nitrogens with one attached hydrogen (secondary N) is 1. The minimum atomic E-state index is -0.305. The molecule has 0 bridgehead atoms. The summed E-state index contributed by atoms with van der Waals surface area (Å²) in [5, 5.41) is 0. The van der Waals surface area contributed by atoms with Crippen LogP contribution in [0.4, 0.5) is 11.4 Å². The Kier molecular flexibility index (Phi) is 5.43. The number of ketones is 1. The summed E-state index contributed by atoms with van der Waals surface area (Å²) in [6.07, 6.45) is 0.273. The van der Waals surface area contributed by atoms with Crippen molar-refractivity contribution in [3.63, 3.8) is 0 Å². The second kappa shape index (κ2) is 8.03. The molecule has 1 atom stereocenters. The van der Waals surface area contributed by atoms with Crippen LogP contribution in [-0.4, -0.2) is 49.8 Å². The van der Waals surface area contributed by atoms with E-state index in [-0.39, 0.29) is 30.1 Å². The molecule has 2 heterocycles. The number of carbonyl (C=O) groups excluding carboxylic acids is 3. The number of carbonyl (C=O) groups is 3. The highest BCUT2D eigenvalue weighted by molar-refractivity contribution is 6.22. The van der Waals surface area contributed by atoms with Crippen LogP contribution in [0.2, 0.25) is 0 Å². The molecule has 0 radical (unpaired) electrons. The average Bonchev–Trinajstić information content (AvgIpc) is 3.02. The van der Waals surface area contributed by atoms with Crippen molar-refractivity contribution in [2.45, 2.75) is 33.2 Å². The van der Waals surface area contributed by atoms with Gasteiger partial charge in [0.25, 0.3) is 5.91 Å². The summed E-state index contributed by atoms with van der Waals surface area (Å²) in [6.45, 7) is 8.76. The van der Waals surface area contributed by atoms with Crippen LogP contribution in [0.3, 0.4) is 0 Å². The Morgan fingerprint density at radius 3 is 2.27 bits per heavy atom. The third kappa shape index (κ3) is 3.75. The highest BCUT2D eigenvalue weighted by atomic mass is 16.2. The fourth-order valence-electron chi connectivity index (χ4n) is 4.57. The molecule has 0 spiro atoms. The second-order valence-corrected chi connectivity index (χ2v) is 8.36. The molecule has 0 unspecified atom stereocenters. The normalized spacial score (nSPS) is 20.2. The van der Waals surface area contributed by atoms with Crippen molar-refractivity contribution in [2.24, 2.45) is 0 Å². The lowest BCUT2D eigenvalue weighted by atomic mass is 10.1. The molecule has 2 aliphatic heterocycles. The Labute approximate surface area is 177 Å². The zero-order valence-electron chi connectivity index (χ0n) is 17.8. The maximum absolute atomic E-state index is 13.1. The van der Waals surface area contributed by atoms with Crippen LogP contribution in [0.1, 0.15) is 34.8 Å². The molecule has 4 rings (SSSR count). The van der Waals surface area contributed by atoms with Gasteiger partial charge in [0.2, 0.25) is 5.91 Å². The molecular formula is C24H28N3O3+. The summed E-state index contributed by atoms with van der Waals surface area (Å²) in [7, 11) is 0. The van der Waals surface area contributed by atoms with Gasteiger partial charge in [0, 0.05) is 11.3 Å². The molecule has 0 saturated carbocycles. The topological polar surface area (TPSA) is 62.1 Å². The van der Waals surface area contributed by atoms with Crippen molar-refractivity contribution in [3.8, 4) is 0 Å². The Balaban J connectivity index is 1.43. The number of piperazine rings is 1. The van der Waals surface area contributed by atoms with Crippen molar-refractivity contribution in [1.29, 1.82) is 0 Å². The first kappa shape index (κ1) is 20.3. The Morgan fingerprint density at radius 2 is 1.67 bits per heavy atom. The zero-order chi connectivity index (χ0) is 21.4. The number of anilines is 2. The molecule has 0 aromatic heterocycles. The number of hydrogen-bond donors (Lipinski definition) is 1. The van der Waals surface area contributed by atoms with Crippen LogP contribution in [0.5, 0.6) is 0 Å². The van der Waals surface area contributed by atoms with E-state index in [0.717, 1.165) is 43.0 Å². The summed E-state index contributed by atoms with van der Waals surface area (Å²) in [5.74, 6) is -0.124. The van der Waals surface area contributed by atoms with Gasteiger partial charge in [-0.05, 0) is 56.7 Å². The van der Waals surface area contributed by atoms with Gasteiger partial charge in [-0.2, -0.15) is 0 Å². The number of Topliss-reactive ketones (excluding diaryl/α,β-unsaturated/α-hetero) is 1. The van der Waals surface area contributed by atoms with Gasteiger partial charge in [0.15, 0.2) is 11.8 Å². The molecule has 2 aromatic carbocycles. The van der Waals surface area contributed by atoms with Gasteiger partial charge < -0.3 is 9.80 Å². The van der Waals surface area contributed by atoms with E-state index in [0.29, 0.717) is 11.3 Å². The van der Waals surface area contributed by atoms with Crippen molar-refractivity contribution < 1.29 is 19.3 Å². The molecule has 2 saturated heterocycles. The summed E-state index contributed by atoms with van der Waals surface area (Å²) in [5.41, 5.74) is 4.58. The van der Waals surface area contributed by atoms with Crippen molar-refractivity contribution in [2.75, 3.05) is 36.0 Å². The van der Waals surface area contributed by atoms with E-state index in [1.54, 1.807) is 6.92 Å². The zero-order valence-corrected chi connectivity index (χ0v) is 17.8. The van der Waals surface area contributed by atoms with Crippen LogP contribution < -0.4 is 14.7 Å². The number of benzene rings is 2. The van der Waals surface area contributed by atoms with E-state index < -0.39 is 0 Å². The standard InChI is InChI=1S/C24H27N3O3/c1-16-4-9-21(17(2)14-16)27-23(29)15-22(24(27)30)26-12-10-25(11-13-26)20-7-5-19(6-8-20)18(3)28/h4-9,14,22H,10-13,15H2,1-3H3/p+1/t22-/m0/s1. The van der Waals surface area contributed by atoms with Crippen LogP contribution in [0.25, 0.3) is 0 Å². The van der Waals surface area contributed by atoms with Crippen LogP contribution in [0, 0.1) is 13.8 Å². The Morgan fingerprint density at radius 1 is 1.00 bits per heavy atom. The minimum Gasteiger partial charge on any atom is -0.360 e. The van der Waals surface area contributed by atoms with Gasteiger partial charge in [0.05, 0.1) is 38.3 Å². The first-order valence-corrected chi connectivity index (χ1v) is 10.5. The molecule has 6 nitrogen and oxygen atoms in total. The molecule has 1 N–H and O–H groups in total. The van der Waals surface area contributed by atoms with E-state index in [4.69, 9.17) is 0 Å². The number of amides is 2. The van der Waals surface area contributed by atoms with Gasteiger partial charge in [-0.25, -0.2) is 4.90 Å². The SMILES string of the molecule is CC(=O)c1ccc(N2CC[NH+]([C@H]3CC(=O)N(c4ccc(C)cc4C)C3=O)CC2)cc1. The van der Waals surface area contributed by atoms with Crippen molar-refractivity contribution >= 4 is 29.0 Å². The third-order valence-electron chi connectivity index (χ3n) is 6.28. The smallest absolute Gasteiger partial charge is 0.292 e. The second-order valence-electron chi connectivity index (χ2n) is 8.36. The Hall–Kier alpha value is -2.99. The quantitative estimate of drug-likeness (QED) is 0.618. The largest absolute Gasteiger partial charge is 0.360 e. The maximum Gasteiger partial charge on any atom is 0.292 e. The fourth-order valence-corrected chi connectivity index (χ4v) is 4.57. The van der Waals surface area contributed by atoms with Gasteiger partial charge in [0.1, 0.15) is 0 Å². The highest BCUT2D eigenvalue weighted by Crippen LogP contribution is 2.26. The number of hydrogen-bond acceptors (Lipinski definition) is 4. The average molecular weight is 407 g/mol. The molecular weight excluding hydrogens is 378 g/mol. The lowest BCUT2D eigenvalue weighted by Crippen LogP contribution is -3.19. The minimum absolute atomic E-state index is 0.0635. The monoisotopic (exact) mass is 406 g/mol. The van der Waals surface area contributed by atoms with Crippen molar-refractivity contribution in [3.05, 3.63) is 59.2 Å². The molecule has 2 aromatic rings. The molecule has 2 aliphatic rings. The Bertz CT molecular complexity index is 991. The lowest BCUT2D eigenvalue weighted by Gasteiger charge is -2.35. The number of imide groups is 1. The van der Waals surface area contributed by atoms with E-state index >= 15 is 0 Å². The maximum atomic E-state index is 13.1. The van der Waals surface area contributed by atoms with E-state index in [1.807, 2.05) is 56.3 Å². The molecule has 30 heavy (non-hydrogen) atoms. The molecule has 0 aliphatic carbocycles. The molecule has 156 valence electrons. The summed E-state index contributed by atoms with van der Waals surface area (Å²) in [4.78, 5) is 42.2. The van der Waals surface area contributed by atoms with E-state index in [2.05, 4.69) is 4.90 Å². The predicted octanol–water partition coefficient (Wildman–Crippen LogP) is 1.54. The first-order chi connectivity index (χ1) is 14.3. The summed E-state index contributed by atoms with van der Waals surface area (Å²) >= 11 is 0. The first-order valence-electron chi connectivity index (χ1n) is 10.5. The van der Waals surface area contributed by atoms with Gasteiger partial charge >= 0.3 is 0 Å². The number of quaternary nitrogens is 1. The molecule has 2 amide bonds. The third-order valence-corrected chi connectivity index (χ3v) is 6.28. The van der Waals surface area contributed by atoms with Crippen molar-refractivity contribution in [1.82, 2.24) is 0 Å². The van der Waals surface area contributed by atoms with Gasteiger partial charge in [-0.1, -0.05) is 17.7 Å². The highest BCUT2D eigenvalue weighted by Gasteiger charge is 2.46. The van der Waals surface area contributed by atoms with Gasteiger partial charge in [-0.15, -0.1) is 0 Å². The van der Waals surface area contributed by atoms with E-state index in [1.165, 1.54) is 9.80 Å². The van der Waals surface area contributed by atoms with Crippen LogP contribution >= 0.6 is 0 Å². The van der Waals surface area contributed by atoms with Crippen LogP contribution in [-0.2, 0) is 9.59 Å². The lowest BCUT2D eigenvalue weighted by molar-refractivity contribution is -0.915. The molecule has 2 fully saturated rings. The fraction of sp³-hybridized carbons (Fsp3) is 0.375. The number of rotatable bonds is 4. The van der Waals surface area contributed by atoms with Gasteiger partial charge in [-0.3, -0.25) is 14.4 Å². The summed E-state index contributed by atoms with van der Waals surface area (Å²) in [6, 6.07) is 13.2. The molecule has 6 heteroatoms. The number of nitrogens with zero attached hydrogens (tertiary/aromatic N) is 2.